The Morgan fingerprint density at radius 2 is 1.86 bits per heavy atom. The number of nitriles is 1. The summed E-state index contributed by atoms with van der Waals surface area (Å²) in [5.41, 5.74) is 6.37. The number of anilines is 1. The van der Waals surface area contributed by atoms with Gasteiger partial charge in [0, 0.05) is 35.7 Å². The number of benzene rings is 2. The first-order chi connectivity index (χ1) is 14.2. The average molecular weight is 385 g/mol. The number of nitrogens with zero attached hydrogens (tertiary/aromatic N) is 3. The number of imidazole rings is 1. The Balaban J connectivity index is 1.60. The molecule has 2 aromatic carbocycles. The molecular formula is C25H28N4. The third kappa shape index (κ3) is 3.40. The van der Waals surface area contributed by atoms with Gasteiger partial charge in [-0.1, -0.05) is 30.3 Å². The highest BCUT2D eigenvalue weighted by Crippen LogP contribution is 2.38. The van der Waals surface area contributed by atoms with Gasteiger partial charge in [-0.05, 0) is 63.1 Å². The van der Waals surface area contributed by atoms with E-state index in [-0.39, 0.29) is 5.92 Å². The lowest BCUT2D eigenvalue weighted by Gasteiger charge is -2.28. The summed E-state index contributed by atoms with van der Waals surface area (Å²) in [5.74, 6) is 1.38. The van der Waals surface area contributed by atoms with E-state index < -0.39 is 0 Å². The fraction of sp³-hybridized carbons (Fsp3) is 0.440. The van der Waals surface area contributed by atoms with E-state index in [1.54, 1.807) is 0 Å². The number of fused-ring (bicyclic) bond motifs is 3. The smallest absolute Gasteiger partial charge is 0.114 e. The molecule has 5 rings (SSSR count). The van der Waals surface area contributed by atoms with Crippen LogP contribution in [0.4, 0.5) is 5.69 Å². The second kappa shape index (κ2) is 7.55. The highest BCUT2D eigenvalue weighted by molar-refractivity contribution is 5.86. The van der Waals surface area contributed by atoms with Crippen LogP contribution in [0.5, 0.6) is 0 Å². The van der Waals surface area contributed by atoms with Gasteiger partial charge in [-0.25, -0.2) is 4.98 Å². The van der Waals surface area contributed by atoms with Crippen LogP contribution in [-0.4, -0.2) is 15.6 Å². The lowest BCUT2D eigenvalue weighted by molar-refractivity contribution is 0.313. The van der Waals surface area contributed by atoms with Crippen LogP contribution in [-0.2, 0) is 12.8 Å². The molecule has 0 unspecified atom stereocenters. The topological polar surface area (TPSA) is 53.6 Å². The van der Waals surface area contributed by atoms with E-state index in [1.165, 1.54) is 33.7 Å². The SMILES string of the molecule is C[C@H]1CCc2c(ccc3c2nc(Cc2ccccc2)n3C2CCC(C#N)CC2)N1. The van der Waals surface area contributed by atoms with Crippen molar-refractivity contribution in [3.8, 4) is 6.07 Å². The fourth-order valence-electron chi connectivity index (χ4n) is 5.13. The first kappa shape index (κ1) is 18.2. The molecule has 1 saturated carbocycles. The molecule has 1 N–H and O–H groups in total. The maximum atomic E-state index is 9.31. The molecule has 2 aliphatic rings. The number of aryl methyl sites for hydroxylation is 1. The molecular weight excluding hydrogens is 356 g/mol. The zero-order chi connectivity index (χ0) is 19.8. The quantitative estimate of drug-likeness (QED) is 0.637. The van der Waals surface area contributed by atoms with Crippen LogP contribution >= 0.6 is 0 Å². The monoisotopic (exact) mass is 384 g/mol. The molecule has 29 heavy (non-hydrogen) atoms. The summed E-state index contributed by atoms with van der Waals surface area (Å²) >= 11 is 0. The van der Waals surface area contributed by atoms with E-state index in [0.717, 1.165) is 44.9 Å². The van der Waals surface area contributed by atoms with Crippen molar-refractivity contribution in [3.05, 3.63) is 59.4 Å². The zero-order valence-electron chi connectivity index (χ0n) is 17.1. The van der Waals surface area contributed by atoms with Crippen molar-refractivity contribution in [3.63, 3.8) is 0 Å². The predicted octanol–water partition coefficient (Wildman–Crippen LogP) is 5.63. The molecule has 1 aliphatic heterocycles. The van der Waals surface area contributed by atoms with Crippen molar-refractivity contribution in [2.24, 2.45) is 5.92 Å². The first-order valence-corrected chi connectivity index (χ1v) is 11.0. The summed E-state index contributed by atoms with van der Waals surface area (Å²) < 4.78 is 2.51. The van der Waals surface area contributed by atoms with E-state index in [1.807, 2.05) is 0 Å². The molecule has 3 aromatic rings. The van der Waals surface area contributed by atoms with Gasteiger partial charge in [-0.15, -0.1) is 0 Å². The maximum Gasteiger partial charge on any atom is 0.114 e. The minimum atomic E-state index is 0.219. The summed E-state index contributed by atoms with van der Waals surface area (Å²) in [4.78, 5) is 5.22. The minimum absolute atomic E-state index is 0.219. The fourth-order valence-corrected chi connectivity index (χ4v) is 5.13. The van der Waals surface area contributed by atoms with Gasteiger partial charge in [0.25, 0.3) is 0 Å². The molecule has 0 spiro atoms. The number of rotatable bonds is 3. The van der Waals surface area contributed by atoms with Crippen molar-refractivity contribution >= 4 is 16.7 Å². The molecule has 1 aliphatic carbocycles. The van der Waals surface area contributed by atoms with Gasteiger partial charge in [-0.2, -0.15) is 5.26 Å². The summed E-state index contributed by atoms with van der Waals surface area (Å²) in [6, 6.07) is 18.6. The van der Waals surface area contributed by atoms with Crippen molar-refractivity contribution in [2.45, 2.75) is 64.0 Å². The van der Waals surface area contributed by atoms with Crippen molar-refractivity contribution in [1.82, 2.24) is 9.55 Å². The summed E-state index contributed by atoms with van der Waals surface area (Å²) in [7, 11) is 0. The molecule has 1 atom stereocenters. The Morgan fingerprint density at radius 3 is 2.62 bits per heavy atom. The van der Waals surface area contributed by atoms with Crippen LogP contribution < -0.4 is 5.32 Å². The normalized spacial score (nSPS) is 23.9. The molecule has 0 bridgehead atoms. The zero-order valence-corrected chi connectivity index (χ0v) is 17.1. The van der Waals surface area contributed by atoms with Gasteiger partial charge in [0.1, 0.15) is 5.82 Å². The number of hydrogen-bond acceptors (Lipinski definition) is 3. The third-order valence-corrected chi connectivity index (χ3v) is 6.72. The van der Waals surface area contributed by atoms with Crippen LogP contribution in [0.25, 0.3) is 11.0 Å². The van der Waals surface area contributed by atoms with Gasteiger partial charge in [0.15, 0.2) is 0 Å². The van der Waals surface area contributed by atoms with Crippen molar-refractivity contribution in [2.75, 3.05) is 5.32 Å². The van der Waals surface area contributed by atoms with Crippen molar-refractivity contribution < 1.29 is 0 Å². The van der Waals surface area contributed by atoms with Crippen LogP contribution in [0.15, 0.2) is 42.5 Å². The Kier molecular flexibility index (Phi) is 4.75. The van der Waals surface area contributed by atoms with Crippen LogP contribution in [0.2, 0.25) is 0 Å². The Hall–Kier alpha value is -2.80. The molecule has 148 valence electrons. The summed E-state index contributed by atoms with van der Waals surface area (Å²) in [6.45, 7) is 2.25. The Morgan fingerprint density at radius 1 is 1.07 bits per heavy atom. The van der Waals surface area contributed by atoms with E-state index >= 15 is 0 Å². The lowest BCUT2D eigenvalue weighted by Crippen LogP contribution is -2.22. The largest absolute Gasteiger partial charge is 0.382 e. The van der Waals surface area contributed by atoms with E-state index in [0.29, 0.717) is 12.1 Å². The second-order valence-corrected chi connectivity index (χ2v) is 8.74. The third-order valence-electron chi connectivity index (χ3n) is 6.72. The van der Waals surface area contributed by atoms with E-state index in [4.69, 9.17) is 4.98 Å². The van der Waals surface area contributed by atoms with Crippen LogP contribution in [0.1, 0.15) is 62.0 Å². The summed E-state index contributed by atoms with van der Waals surface area (Å²) in [6.07, 6.45) is 7.22. The predicted molar refractivity (Wildman–Crippen MR) is 117 cm³/mol. The highest BCUT2D eigenvalue weighted by atomic mass is 15.1. The number of aromatic nitrogens is 2. The molecule has 0 radical (unpaired) electrons. The van der Waals surface area contributed by atoms with Gasteiger partial charge < -0.3 is 9.88 Å². The average Bonchev–Trinajstić information content (AvgIpc) is 3.12. The molecule has 0 amide bonds. The Bertz CT molecular complexity index is 1050. The molecule has 4 nitrogen and oxygen atoms in total. The molecule has 2 heterocycles. The second-order valence-electron chi connectivity index (χ2n) is 8.74. The molecule has 4 heteroatoms. The van der Waals surface area contributed by atoms with Crippen LogP contribution in [0.3, 0.4) is 0 Å². The summed E-state index contributed by atoms with van der Waals surface area (Å²) in [5, 5.41) is 12.9. The van der Waals surface area contributed by atoms with Gasteiger partial charge in [-0.3, -0.25) is 0 Å². The lowest BCUT2D eigenvalue weighted by atomic mass is 9.86. The van der Waals surface area contributed by atoms with Gasteiger partial charge >= 0.3 is 0 Å². The minimum Gasteiger partial charge on any atom is -0.382 e. The first-order valence-electron chi connectivity index (χ1n) is 11.0. The standard InChI is InChI=1S/C25H28N4/c1-17-7-12-21-22(27-17)13-14-23-25(21)28-24(15-18-5-3-2-4-6-18)29(23)20-10-8-19(16-26)9-11-20/h2-6,13-14,17,19-20,27H,7-12,15H2,1H3/t17-,19?,20?/m0/s1. The van der Waals surface area contributed by atoms with Gasteiger partial charge in [0.2, 0.25) is 0 Å². The maximum absolute atomic E-state index is 9.31. The Labute approximate surface area is 172 Å². The van der Waals surface area contributed by atoms with E-state index in [2.05, 4.69) is 65.3 Å². The van der Waals surface area contributed by atoms with E-state index in [9.17, 15) is 5.26 Å². The molecule has 0 saturated heterocycles. The van der Waals surface area contributed by atoms with Gasteiger partial charge in [0.05, 0.1) is 17.1 Å². The van der Waals surface area contributed by atoms with Crippen molar-refractivity contribution in [1.29, 1.82) is 5.26 Å². The molecule has 1 fully saturated rings. The molecule has 1 aromatic heterocycles. The highest BCUT2D eigenvalue weighted by Gasteiger charge is 2.27. The number of hydrogen-bond donors (Lipinski definition) is 1. The van der Waals surface area contributed by atoms with Crippen LogP contribution in [0, 0.1) is 17.2 Å². The number of nitrogens with one attached hydrogen (secondary N) is 1.